The third-order valence-electron chi connectivity index (χ3n) is 1.19. The molecule has 0 aliphatic rings. The minimum absolute atomic E-state index is 0.212. The van der Waals surface area contributed by atoms with Crippen molar-refractivity contribution in [1.29, 1.82) is 0 Å². The average Bonchev–Trinajstić information content (AvgIpc) is 2.16. The van der Waals surface area contributed by atoms with Gasteiger partial charge in [-0.1, -0.05) is 0 Å². The van der Waals surface area contributed by atoms with Crippen LogP contribution in [0, 0.1) is 0 Å². The highest BCUT2D eigenvalue weighted by Gasteiger charge is 2.21. The van der Waals surface area contributed by atoms with Crippen LogP contribution in [0.25, 0.3) is 0 Å². The largest absolute Gasteiger partial charge is 0.448 e. The van der Waals surface area contributed by atoms with Crippen molar-refractivity contribution < 1.29 is 23.1 Å². The minimum Gasteiger partial charge on any atom is -0.448 e. The number of hydrogen-bond donors (Lipinski definition) is 0. The minimum atomic E-state index is -3.39. The molecule has 0 bridgehead atoms. The van der Waals surface area contributed by atoms with E-state index < -0.39 is 13.7 Å². The van der Waals surface area contributed by atoms with E-state index >= 15 is 0 Å². The fourth-order valence-corrected chi connectivity index (χ4v) is 1.91. The quantitative estimate of drug-likeness (QED) is 0.524. The molecule has 0 aliphatic carbocycles. The number of ether oxygens (including phenoxy) is 1. The summed E-state index contributed by atoms with van der Waals surface area (Å²) in [6.45, 7) is 5.63. The second-order valence-corrected chi connectivity index (χ2v) is 4.15. The molecule has 1 amide bonds. The van der Waals surface area contributed by atoms with Gasteiger partial charge in [0.2, 0.25) is 0 Å². The van der Waals surface area contributed by atoms with Gasteiger partial charge in [-0.05, 0) is 20.8 Å². The van der Waals surface area contributed by atoms with E-state index in [1.54, 1.807) is 20.8 Å². The molecule has 0 spiro atoms. The van der Waals surface area contributed by atoms with Crippen LogP contribution < -0.4 is 0 Å². The first-order chi connectivity index (χ1) is 7.08. The topological polar surface area (TPSA) is 74.2 Å². The van der Waals surface area contributed by atoms with Crippen molar-refractivity contribution in [3.8, 4) is 0 Å². The smallest absolute Gasteiger partial charge is 0.433 e. The highest BCUT2D eigenvalue weighted by atomic mass is 31.2. The Kier molecular flexibility index (Phi) is 7.21. The van der Waals surface area contributed by atoms with Crippen molar-refractivity contribution in [1.82, 2.24) is 0 Å². The van der Waals surface area contributed by atoms with Crippen LogP contribution in [0.5, 0.6) is 0 Å². The van der Waals surface area contributed by atoms with Crippen LogP contribution in [0.4, 0.5) is 4.79 Å². The number of aliphatic imine (C=N–C) groups is 1. The van der Waals surface area contributed by atoms with Crippen molar-refractivity contribution in [3.05, 3.63) is 0 Å². The molecule has 0 fully saturated rings. The molecule has 0 saturated heterocycles. The van der Waals surface area contributed by atoms with Gasteiger partial charge in [0, 0.05) is 0 Å². The fraction of sp³-hybridized carbons (Fsp3) is 0.750. The summed E-state index contributed by atoms with van der Waals surface area (Å²) < 4.78 is 26.0. The molecule has 0 radical (unpaired) electrons. The zero-order valence-electron chi connectivity index (χ0n) is 9.13. The van der Waals surface area contributed by atoms with E-state index in [-0.39, 0.29) is 19.8 Å². The van der Waals surface area contributed by atoms with Gasteiger partial charge in [-0.15, -0.1) is 0 Å². The van der Waals surface area contributed by atoms with Gasteiger partial charge in [-0.3, -0.25) is 4.57 Å². The van der Waals surface area contributed by atoms with Crippen LogP contribution in [-0.4, -0.2) is 31.9 Å². The molecule has 7 heteroatoms. The summed E-state index contributed by atoms with van der Waals surface area (Å²) in [4.78, 5) is 14.2. The van der Waals surface area contributed by atoms with Crippen molar-refractivity contribution >= 4 is 19.6 Å². The summed E-state index contributed by atoms with van der Waals surface area (Å²) in [6, 6.07) is 0. The Morgan fingerprint density at radius 2 is 1.73 bits per heavy atom. The molecular weight excluding hydrogens is 221 g/mol. The van der Waals surface area contributed by atoms with Gasteiger partial charge >= 0.3 is 13.7 Å². The van der Waals surface area contributed by atoms with E-state index in [4.69, 9.17) is 9.05 Å². The Hall–Kier alpha value is -0.710. The summed E-state index contributed by atoms with van der Waals surface area (Å²) in [7, 11) is -3.39. The first kappa shape index (κ1) is 14.3. The number of carbonyl (C=O) groups excluding carboxylic acids is 1. The van der Waals surface area contributed by atoms with Gasteiger partial charge < -0.3 is 13.8 Å². The fourth-order valence-electron chi connectivity index (χ4n) is 0.742. The molecule has 0 aliphatic heterocycles. The van der Waals surface area contributed by atoms with Gasteiger partial charge in [0.1, 0.15) is 5.96 Å². The van der Waals surface area contributed by atoms with Crippen molar-refractivity contribution in [2.24, 2.45) is 4.99 Å². The van der Waals surface area contributed by atoms with Crippen molar-refractivity contribution in [2.45, 2.75) is 20.8 Å². The lowest BCUT2D eigenvalue weighted by atomic mass is 10.9. The summed E-state index contributed by atoms with van der Waals surface area (Å²) >= 11 is 0. The molecule has 88 valence electrons. The first-order valence-corrected chi connectivity index (χ1v) is 6.30. The molecule has 15 heavy (non-hydrogen) atoms. The van der Waals surface area contributed by atoms with E-state index in [1.807, 2.05) is 0 Å². The SMILES string of the molecule is CCOC(=O)N=CP(=O)(OCC)OCC. The van der Waals surface area contributed by atoms with Crippen LogP contribution in [0.1, 0.15) is 20.8 Å². The monoisotopic (exact) mass is 237 g/mol. The van der Waals surface area contributed by atoms with Crippen LogP contribution in [0.2, 0.25) is 0 Å². The van der Waals surface area contributed by atoms with Crippen molar-refractivity contribution in [3.63, 3.8) is 0 Å². The Balaban J connectivity index is 4.39. The van der Waals surface area contributed by atoms with Crippen LogP contribution >= 0.6 is 7.60 Å². The summed E-state index contributed by atoms with van der Waals surface area (Å²) in [6.07, 6.45) is -0.808. The van der Waals surface area contributed by atoms with Gasteiger partial charge in [-0.25, -0.2) is 4.79 Å². The van der Waals surface area contributed by atoms with Gasteiger partial charge in [0.05, 0.1) is 19.8 Å². The maximum atomic E-state index is 11.7. The van der Waals surface area contributed by atoms with Crippen molar-refractivity contribution in [2.75, 3.05) is 19.8 Å². The Labute approximate surface area is 89.2 Å². The van der Waals surface area contributed by atoms with E-state index in [1.165, 1.54) is 0 Å². The van der Waals surface area contributed by atoms with Gasteiger partial charge in [-0.2, -0.15) is 4.99 Å². The first-order valence-electron chi connectivity index (χ1n) is 4.68. The predicted molar refractivity (Wildman–Crippen MR) is 56.4 cm³/mol. The number of nitrogens with zero attached hydrogens (tertiary/aromatic N) is 1. The van der Waals surface area contributed by atoms with Crippen LogP contribution in [0.3, 0.4) is 0 Å². The maximum absolute atomic E-state index is 11.7. The Morgan fingerprint density at radius 3 is 2.13 bits per heavy atom. The van der Waals surface area contributed by atoms with Crippen LogP contribution in [-0.2, 0) is 18.3 Å². The van der Waals surface area contributed by atoms with E-state index in [9.17, 15) is 9.36 Å². The van der Waals surface area contributed by atoms with Gasteiger partial charge in [0.15, 0.2) is 0 Å². The summed E-state index contributed by atoms with van der Waals surface area (Å²) in [5.41, 5.74) is 0. The zero-order valence-corrected chi connectivity index (χ0v) is 10.0. The predicted octanol–water partition coefficient (Wildman–Crippen LogP) is 2.44. The highest BCUT2D eigenvalue weighted by molar-refractivity contribution is 7.69. The second-order valence-electron chi connectivity index (χ2n) is 2.32. The summed E-state index contributed by atoms with van der Waals surface area (Å²) in [5.74, 6) is 0.873. The van der Waals surface area contributed by atoms with Crippen LogP contribution in [0.15, 0.2) is 4.99 Å². The number of hydrogen-bond acceptors (Lipinski definition) is 5. The zero-order chi connectivity index (χ0) is 11.7. The number of amides is 1. The average molecular weight is 237 g/mol. The third kappa shape index (κ3) is 6.38. The van der Waals surface area contributed by atoms with E-state index in [0.717, 1.165) is 5.96 Å². The maximum Gasteiger partial charge on any atom is 0.433 e. The normalized spacial score (nSPS) is 11.9. The molecule has 0 rings (SSSR count). The van der Waals surface area contributed by atoms with E-state index in [2.05, 4.69) is 9.73 Å². The molecule has 6 nitrogen and oxygen atoms in total. The van der Waals surface area contributed by atoms with Gasteiger partial charge in [0.25, 0.3) is 0 Å². The lowest BCUT2D eigenvalue weighted by Crippen LogP contribution is -2.01. The molecule has 0 aromatic heterocycles. The molecule has 0 saturated carbocycles. The standard InChI is InChI=1S/C8H16NO5P/c1-4-12-8(10)9-7-15(11,13-5-2)14-6-3/h7H,4-6H2,1-3H3. The summed E-state index contributed by atoms with van der Waals surface area (Å²) in [5, 5.41) is 0. The third-order valence-corrected chi connectivity index (χ3v) is 2.82. The Bertz CT molecular complexity index is 256. The molecular formula is C8H16NO5P. The Morgan fingerprint density at radius 1 is 1.20 bits per heavy atom. The molecule has 0 heterocycles. The lowest BCUT2D eigenvalue weighted by Gasteiger charge is -2.11. The number of carbonyl (C=O) groups is 1. The molecule has 0 atom stereocenters. The molecule has 0 N–H and O–H groups in total. The van der Waals surface area contributed by atoms with E-state index in [0.29, 0.717) is 0 Å². The second kappa shape index (κ2) is 7.56. The molecule has 0 unspecified atom stereocenters. The lowest BCUT2D eigenvalue weighted by molar-refractivity contribution is 0.163. The number of rotatable bonds is 6. The molecule has 0 aromatic rings. The molecule has 0 aromatic carbocycles. The highest BCUT2D eigenvalue weighted by Crippen LogP contribution is 2.44.